The Morgan fingerprint density at radius 3 is 2.30 bits per heavy atom. The van der Waals surface area contributed by atoms with E-state index >= 15 is 0 Å². The third kappa shape index (κ3) is 4.53. The van der Waals surface area contributed by atoms with Crippen molar-refractivity contribution in [1.29, 1.82) is 0 Å². The SMILES string of the molecule is C.C=CC[CH2][Zr+2]([C]1=CC=CC1)([c]1ccccc1)[CH]1c2ccccc2-c2c(C)cccc21.[Cl-].[Cl-]. The minimum atomic E-state index is -3.17. The third-order valence-electron chi connectivity index (χ3n) is 7.03. The van der Waals surface area contributed by atoms with Crippen LogP contribution in [0.5, 0.6) is 0 Å². The molecule has 0 heterocycles. The zero-order valence-electron chi connectivity index (χ0n) is 18.4. The molecule has 0 saturated carbocycles. The number of hydrogen-bond donors (Lipinski definition) is 0. The maximum Gasteiger partial charge on any atom is -1.00 e. The Balaban J connectivity index is 0.00000128. The van der Waals surface area contributed by atoms with Crippen molar-refractivity contribution in [1.82, 2.24) is 0 Å². The smallest absolute Gasteiger partial charge is 1.00 e. The number of halogens is 2. The second kappa shape index (κ2) is 11.7. The van der Waals surface area contributed by atoms with Gasteiger partial charge in [0.2, 0.25) is 0 Å². The van der Waals surface area contributed by atoms with Gasteiger partial charge in [-0.3, -0.25) is 0 Å². The normalized spacial score (nSPS) is 15.8. The van der Waals surface area contributed by atoms with Gasteiger partial charge in [-0.15, -0.1) is 0 Å². The molecule has 0 fully saturated rings. The fraction of sp³-hybridized carbons (Fsp3) is 0.200. The predicted octanol–water partition coefficient (Wildman–Crippen LogP) is 2.03. The van der Waals surface area contributed by atoms with E-state index in [0.29, 0.717) is 3.63 Å². The number of fused-ring (bicyclic) bond motifs is 3. The molecule has 0 aliphatic heterocycles. The summed E-state index contributed by atoms with van der Waals surface area (Å²) in [5, 5.41) is 0. The zero-order valence-corrected chi connectivity index (χ0v) is 22.4. The first kappa shape index (κ1) is 27.6. The zero-order chi connectivity index (χ0) is 20.6. The Bertz CT molecular complexity index is 1160. The quantitative estimate of drug-likeness (QED) is 0.410. The van der Waals surface area contributed by atoms with Gasteiger partial charge in [-0.1, -0.05) is 7.43 Å². The molecular formula is C30H32Cl2Zr. The van der Waals surface area contributed by atoms with Crippen LogP contribution in [0.25, 0.3) is 11.1 Å². The predicted molar refractivity (Wildman–Crippen MR) is 133 cm³/mol. The largest absolute Gasteiger partial charge is 1.00 e. The molecule has 0 aromatic heterocycles. The molecule has 0 spiro atoms. The standard InChI is InChI=1S/C14H11.C6H5.C5H5.C4H7.CH4.2ClH.Zr/c1-10-5-4-7-12-9-11-6-2-3-8-13(11)14(10)12;1-2-4-6-5-3-1;1-2-4-5-3-1;1-3-4-2;;;;/h2-9H,1H3;1-5H;1-3H,4H2;3H,1-2,4H2;1H4;2*1H;/q;;;;;;;+2/p-2. The molecule has 2 atom stereocenters. The van der Waals surface area contributed by atoms with Crippen LogP contribution in [-0.4, -0.2) is 0 Å². The summed E-state index contributed by atoms with van der Waals surface area (Å²) in [4.78, 5) is 0. The average molecular weight is 555 g/mol. The van der Waals surface area contributed by atoms with E-state index in [2.05, 4.69) is 111 Å². The number of benzene rings is 3. The molecule has 0 bridgehead atoms. The van der Waals surface area contributed by atoms with Gasteiger partial charge in [-0.25, -0.2) is 0 Å². The molecular weight excluding hydrogens is 522 g/mol. The van der Waals surface area contributed by atoms with Gasteiger partial charge in [-0.2, -0.15) is 0 Å². The average Bonchev–Trinajstić information content (AvgIpc) is 3.43. The van der Waals surface area contributed by atoms with Crippen molar-refractivity contribution < 1.29 is 45.1 Å². The monoisotopic (exact) mass is 552 g/mol. The van der Waals surface area contributed by atoms with Crippen LogP contribution in [-0.2, 0) is 20.3 Å². The van der Waals surface area contributed by atoms with E-state index in [9.17, 15) is 0 Å². The number of allylic oxidation sites excluding steroid dienone is 5. The van der Waals surface area contributed by atoms with Crippen molar-refractivity contribution in [3.8, 4) is 11.1 Å². The van der Waals surface area contributed by atoms with Crippen LogP contribution in [0, 0.1) is 6.92 Å². The van der Waals surface area contributed by atoms with Crippen LogP contribution in [0.3, 0.4) is 0 Å². The van der Waals surface area contributed by atoms with Crippen LogP contribution in [0.1, 0.15) is 40.6 Å². The van der Waals surface area contributed by atoms with Gasteiger partial charge in [0, 0.05) is 0 Å². The van der Waals surface area contributed by atoms with Crippen molar-refractivity contribution in [3.05, 3.63) is 124 Å². The summed E-state index contributed by atoms with van der Waals surface area (Å²) < 4.78 is 5.13. The van der Waals surface area contributed by atoms with Crippen molar-refractivity contribution in [2.24, 2.45) is 0 Å². The first-order valence-electron chi connectivity index (χ1n) is 11.0. The third-order valence-corrected chi connectivity index (χ3v) is 20.7. The van der Waals surface area contributed by atoms with Gasteiger partial charge >= 0.3 is 186 Å². The molecule has 0 amide bonds. The van der Waals surface area contributed by atoms with Crippen molar-refractivity contribution >= 4 is 3.27 Å². The molecule has 3 aromatic rings. The van der Waals surface area contributed by atoms with Gasteiger partial charge in [0.15, 0.2) is 0 Å². The van der Waals surface area contributed by atoms with Crippen molar-refractivity contribution in [2.45, 2.75) is 34.9 Å². The first-order chi connectivity index (χ1) is 14.8. The van der Waals surface area contributed by atoms with Crippen LogP contribution in [0.2, 0.25) is 4.13 Å². The summed E-state index contributed by atoms with van der Waals surface area (Å²) in [5.41, 5.74) is 7.46. The Morgan fingerprint density at radius 2 is 1.61 bits per heavy atom. The summed E-state index contributed by atoms with van der Waals surface area (Å²) in [5.74, 6) is 0. The van der Waals surface area contributed by atoms with Gasteiger partial charge in [0.1, 0.15) is 0 Å². The summed E-state index contributed by atoms with van der Waals surface area (Å²) >= 11 is -3.17. The fourth-order valence-corrected chi connectivity index (χ4v) is 20.2. The van der Waals surface area contributed by atoms with E-state index in [1.54, 1.807) is 17.7 Å². The maximum absolute atomic E-state index is 4.11. The Kier molecular flexibility index (Phi) is 9.74. The molecule has 0 saturated heterocycles. The van der Waals surface area contributed by atoms with Crippen LogP contribution in [0.4, 0.5) is 0 Å². The summed E-state index contributed by atoms with van der Waals surface area (Å²) in [6, 6.07) is 27.7. The van der Waals surface area contributed by atoms with Crippen molar-refractivity contribution in [3.63, 3.8) is 0 Å². The fourth-order valence-electron chi connectivity index (χ4n) is 5.80. The van der Waals surface area contributed by atoms with Crippen LogP contribution in [0.15, 0.2) is 107 Å². The summed E-state index contributed by atoms with van der Waals surface area (Å²) in [6.07, 6.45) is 11.4. The minimum Gasteiger partial charge on any atom is -1.00 e. The van der Waals surface area contributed by atoms with Gasteiger partial charge in [0.25, 0.3) is 0 Å². The molecule has 3 aromatic carbocycles. The number of hydrogen-bond acceptors (Lipinski definition) is 0. The van der Waals surface area contributed by atoms with Gasteiger partial charge in [-0.05, 0) is 0 Å². The Morgan fingerprint density at radius 1 is 0.909 bits per heavy atom. The summed E-state index contributed by atoms with van der Waals surface area (Å²) in [7, 11) is 0. The topological polar surface area (TPSA) is 0 Å². The van der Waals surface area contributed by atoms with Gasteiger partial charge in [0.05, 0.1) is 0 Å². The molecule has 0 nitrogen and oxygen atoms in total. The molecule has 2 unspecified atom stereocenters. The van der Waals surface area contributed by atoms with E-state index in [1.165, 1.54) is 20.8 Å². The second-order valence-corrected chi connectivity index (χ2v) is 19.0. The second-order valence-electron chi connectivity index (χ2n) is 8.55. The van der Waals surface area contributed by atoms with E-state index in [4.69, 9.17) is 0 Å². The maximum atomic E-state index is 4.11. The van der Waals surface area contributed by atoms with Crippen LogP contribution >= 0.6 is 0 Å². The minimum absolute atomic E-state index is 0. The summed E-state index contributed by atoms with van der Waals surface area (Å²) in [6.45, 7) is 6.39. The number of rotatable bonds is 6. The molecule has 3 heteroatoms. The molecule has 2 aliphatic rings. The molecule has 0 N–H and O–H groups in total. The molecule has 170 valence electrons. The molecule has 33 heavy (non-hydrogen) atoms. The van der Waals surface area contributed by atoms with E-state index < -0.39 is 20.3 Å². The van der Waals surface area contributed by atoms with Crippen LogP contribution < -0.4 is 28.1 Å². The number of aryl methyl sites for hydroxylation is 1. The van der Waals surface area contributed by atoms with E-state index in [1.807, 2.05) is 0 Å². The first-order valence-corrected chi connectivity index (χ1v) is 16.6. The molecule has 5 rings (SSSR count). The van der Waals surface area contributed by atoms with Gasteiger partial charge < -0.3 is 24.8 Å². The molecule has 0 radical (unpaired) electrons. The molecule has 2 aliphatic carbocycles. The van der Waals surface area contributed by atoms with Crippen molar-refractivity contribution in [2.75, 3.05) is 0 Å². The van der Waals surface area contributed by atoms with E-state index in [-0.39, 0.29) is 32.2 Å². The Labute approximate surface area is 216 Å². The van der Waals surface area contributed by atoms with E-state index in [0.717, 1.165) is 12.8 Å². The Hall–Kier alpha value is -1.66.